The van der Waals surface area contributed by atoms with Gasteiger partial charge in [0.25, 0.3) is 0 Å². The van der Waals surface area contributed by atoms with Crippen molar-refractivity contribution in [3.63, 3.8) is 0 Å². The molecule has 140 valence electrons. The zero-order chi connectivity index (χ0) is 18.9. The highest BCUT2D eigenvalue weighted by atomic mass is 32.2. The Morgan fingerprint density at radius 1 is 0.704 bits per heavy atom. The van der Waals surface area contributed by atoms with E-state index < -0.39 is 0 Å². The second kappa shape index (κ2) is 10.7. The molecule has 0 aliphatic heterocycles. The van der Waals surface area contributed by atoms with Gasteiger partial charge >= 0.3 is 0 Å². The Labute approximate surface area is 169 Å². The van der Waals surface area contributed by atoms with Crippen molar-refractivity contribution >= 4 is 30.3 Å². The lowest BCUT2D eigenvalue weighted by Gasteiger charge is -2.19. The van der Waals surface area contributed by atoms with Gasteiger partial charge in [0.1, 0.15) is 0 Å². The third-order valence-corrected chi connectivity index (χ3v) is 8.02. The largest absolute Gasteiger partial charge is 0.316 e. The van der Waals surface area contributed by atoms with Crippen LogP contribution in [0.25, 0.3) is 0 Å². The van der Waals surface area contributed by atoms with Gasteiger partial charge in [0.05, 0.1) is 0 Å². The van der Waals surface area contributed by atoms with Crippen molar-refractivity contribution in [1.29, 1.82) is 0 Å². The van der Waals surface area contributed by atoms with E-state index in [0.717, 1.165) is 18.8 Å². The van der Waals surface area contributed by atoms with Gasteiger partial charge in [-0.2, -0.15) is 0 Å². The van der Waals surface area contributed by atoms with Gasteiger partial charge in [-0.15, -0.1) is 11.8 Å². The first kappa shape index (κ1) is 20.1. The lowest BCUT2D eigenvalue weighted by atomic mass is 10.2. The normalized spacial score (nSPS) is 11.1. The summed E-state index contributed by atoms with van der Waals surface area (Å²) in [6.45, 7) is 6.42. The highest BCUT2D eigenvalue weighted by molar-refractivity contribution is 7.99. The van der Waals surface area contributed by atoms with Crippen molar-refractivity contribution in [2.24, 2.45) is 0 Å². The second-order valence-corrected chi connectivity index (χ2v) is 10.2. The molecule has 0 saturated carbocycles. The van der Waals surface area contributed by atoms with E-state index in [0.29, 0.717) is 0 Å². The zero-order valence-corrected chi connectivity index (χ0v) is 17.9. The average Bonchev–Trinajstić information content (AvgIpc) is 2.70. The van der Waals surface area contributed by atoms with Crippen LogP contribution in [-0.4, -0.2) is 25.0 Å². The maximum Gasteiger partial charge on any atom is 0.0106 e. The van der Waals surface area contributed by atoms with Gasteiger partial charge in [-0.3, -0.25) is 0 Å². The molecule has 0 aromatic heterocycles. The van der Waals surface area contributed by atoms with Crippen LogP contribution in [0.5, 0.6) is 0 Å². The molecule has 0 aliphatic rings. The van der Waals surface area contributed by atoms with Crippen LogP contribution in [0.2, 0.25) is 0 Å². The fraction of sp³-hybridized carbons (Fsp3) is 0.250. The summed E-state index contributed by atoms with van der Waals surface area (Å²) in [6, 6.07) is 28.8. The summed E-state index contributed by atoms with van der Waals surface area (Å²) in [5.74, 6) is 1.11. The summed E-state index contributed by atoms with van der Waals surface area (Å²) in [5.41, 5.74) is 2.65. The first-order valence-corrected chi connectivity index (χ1v) is 12.0. The molecule has 3 heteroatoms. The first-order chi connectivity index (χ1) is 13.2. The van der Waals surface area contributed by atoms with E-state index in [1.165, 1.54) is 32.8 Å². The minimum Gasteiger partial charge on any atom is -0.316 e. The zero-order valence-electron chi connectivity index (χ0n) is 16.2. The van der Waals surface area contributed by atoms with E-state index in [-0.39, 0.29) is 7.92 Å². The molecule has 27 heavy (non-hydrogen) atoms. The molecule has 3 aromatic rings. The molecular weight excluding hydrogens is 365 g/mol. The van der Waals surface area contributed by atoms with Crippen LogP contribution in [-0.2, 0) is 0 Å². The molecule has 0 unspecified atom stereocenters. The Balaban J connectivity index is 1.54. The topological polar surface area (TPSA) is 12.0 Å². The van der Waals surface area contributed by atoms with Crippen molar-refractivity contribution in [3.05, 3.63) is 90.0 Å². The fourth-order valence-electron chi connectivity index (χ4n) is 2.93. The van der Waals surface area contributed by atoms with Crippen LogP contribution in [0.4, 0.5) is 0 Å². The Hall–Kier alpha value is -1.60. The molecular formula is C24H28NPS. The Kier molecular flexibility index (Phi) is 7.95. The van der Waals surface area contributed by atoms with E-state index in [9.17, 15) is 0 Å². The van der Waals surface area contributed by atoms with Gasteiger partial charge in [0.15, 0.2) is 0 Å². The predicted molar refractivity (Wildman–Crippen MR) is 123 cm³/mol. The maximum atomic E-state index is 3.64. The number of benzene rings is 3. The number of hydrogen-bond acceptors (Lipinski definition) is 2. The highest BCUT2D eigenvalue weighted by Crippen LogP contribution is 2.33. The molecule has 0 fully saturated rings. The van der Waals surface area contributed by atoms with E-state index in [1.54, 1.807) is 0 Å². The Morgan fingerprint density at radius 3 is 1.81 bits per heavy atom. The van der Waals surface area contributed by atoms with Crippen LogP contribution in [0.1, 0.15) is 11.1 Å². The number of rotatable bonds is 9. The van der Waals surface area contributed by atoms with Gasteiger partial charge in [-0.25, -0.2) is 0 Å². The number of thioether (sulfide) groups is 1. The van der Waals surface area contributed by atoms with Crippen LogP contribution in [0, 0.1) is 13.8 Å². The van der Waals surface area contributed by atoms with E-state index in [4.69, 9.17) is 0 Å². The molecule has 0 aliphatic carbocycles. The highest BCUT2D eigenvalue weighted by Gasteiger charge is 2.13. The maximum absolute atomic E-state index is 3.64. The fourth-order valence-corrected chi connectivity index (χ4v) is 5.98. The number of hydrogen-bond donors (Lipinski definition) is 1. The van der Waals surface area contributed by atoms with Gasteiger partial charge < -0.3 is 5.32 Å². The molecule has 3 aromatic carbocycles. The van der Waals surface area contributed by atoms with Gasteiger partial charge in [-0.1, -0.05) is 77.9 Å². The molecule has 0 radical (unpaired) electrons. The van der Waals surface area contributed by atoms with Crippen molar-refractivity contribution in [2.75, 3.05) is 25.0 Å². The van der Waals surface area contributed by atoms with E-state index in [1.807, 2.05) is 11.8 Å². The smallest absolute Gasteiger partial charge is 0.0106 e. The summed E-state index contributed by atoms with van der Waals surface area (Å²) in [7, 11) is -0.310. The monoisotopic (exact) mass is 393 g/mol. The third kappa shape index (κ3) is 6.50. The summed E-state index contributed by atoms with van der Waals surface area (Å²) in [5, 5.41) is 6.59. The lowest BCUT2D eigenvalue weighted by Crippen LogP contribution is -2.24. The second-order valence-electron chi connectivity index (χ2n) is 6.73. The van der Waals surface area contributed by atoms with Crippen molar-refractivity contribution in [3.8, 4) is 0 Å². The van der Waals surface area contributed by atoms with Crippen molar-refractivity contribution < 1.29 is 0 Å². The molecule has 3 rings (SSSR count). The summed E-state index contributed by atoms with van der Waals surface area (Å²) in [6.07, 6.45) is 1.18. The van der Waals surface area contributed by atoms with Gasteiger partial charge in [0, 0.05) is 17.2 Å². The van der Waals surface area contributed by atoms with Crippen LogP contribution in [0.3, 0.4) is 0 Å². The summed E-state index contributed by atoms with van der Waals surface area (Å²) >= 11 is 1.92. The summed E-state index contributed by atoms with van der Waals surface area (Å²) < 4.78 is 0. The van der Waals surface area contributed by atoms with Crippen molar-refractivity contribution in [1.82, 2.24) is 5.32 Å². The Bertz CT molecular complexity index is 755. The molecule has 1 nitrogen and oxygen atoms in total. The predicted octanol–water partition coefficient (Wildman–Crippen LogP) is 5.12. The SMILES string of the molecule is Cc1ccc(P(CCNCCSc2ccccc2)c2ccc(C)cc2)cc1. The van der Waals surface area contributed by atoms with Crippen LogP contribution in [0.15, 0.2) is 83.8 Å². The molecule has 0 spiro atoms. The summed E-state index contributed by atoms with van der Waals surface area (Å²) in [4.78, 5) is 1.35. The standard InChI is InChI=1S/C24H28NPS/c1-20-8-12-22(13-9-20)26(23-14-10-21(2)11-15-23)18-16-25-17-19-27-24-6-4-3-5-7-24/h3-15,25H,16-19H2,1-2H3. The lowest BCUT2D eigenvalue weighted by molar-refractivity contribution is 0.773. The minimum atomic E-state index is -0.310. The third-order valence-electron chi connectivity index (χ3n) is 4.49. The Morgan fingerprint density at radius 2 is 1.26 bits per heavy atom. The first-order valence-electron chi connectivity index (χ1n) is 9.52. The minimum absolute atomic E-state index is 0.310. The molecule has 0 heterocycles. The van der Waals surface area contributed by atoms with Crippen molar-refractivity contribution in [2.45, 2.75) is 18.7 Å². The molecule has 0 atom stereocenters. The molecule has 0 amide bonds. The van der Waals surface area contributed by atoms with E-state index in [2.05, 4.69) is 98.0 Å². The quantitative estimate of drug-likeness (QED) is 0.308. The van der Waals surface area contributed by atoms with Crippen LogP contribution < -0.4 is 15.9 Å². The van der Waals surface area contributed by atoms with E-state index >= 15 is 0 Å². The van der Waals surface area contributed by atoms with Crippen LogP contribution >= 0.6 is 19.7 Å². The molecule has 1 N–H and O–H groups in total. The number of aryl methyl sites for hydroxylation is 2. The number of nitrogens with one attached hydrogen (secondary N) is 1. The van der Waals surface area contributed by atoms with Gasteiger partial charge in [0.2, 0.25) is 0 Å². The average molecular weight is 394 g/mol. The molecule has 0 saturated heterocycles. The van der Waals surface area contributed by atoms with Gasteiger partial charge in [-0.05, 0) is 57.2 Å². The molecule has 0 bridgehead atoms.